The van der Waals surface area contributed by atoms with Crippen LogP contribution in [-0.4, -0.2) is 56.5 Å². The van der Waals surface area contributed by atoms with E-state index in [4.69, 9.17) is 10.5 Å². The third kappa shape index (κ3) is 4.32. The van der Waals surface area contributed by atoms with Gasteiger partial charge in [-0.3, -0.25) is 4.79 Å². The summed E-state index contributed by atoms with van der Waals surface area (Å²) in [4.78, 5) is 12.2. The Hall–Kier alpha value is -1.48. The van der Waals surface area contributed by atoms with Crippen LogP contribution in [0.4, 0.5) is 0 Å². The van der Waals surface area contributed by atoms with Crippen LogP contribution in [0.25, 0.3) is 0 Å². The molecular weight excluding hydrogens is 330 g/mol. The smallest absolute Gasteiger partial charge is 0.251 e. The van der Waals surface area contributed by atoms with Crippen LogP contribution in [-0.2, 0) is 14.8 Å². The molecule has 3 atom stereocenters. The summed E-state index contributed by atoms with van der Waals surface area (Å²) in [7, 11) is -3.60. The molecule has 0 aromatic heterocycles. The monoisotopic (exact) mass is 355 g/mol. The molecule has 1 aromatic carbocycles. The molecule has 1 aromatic rings. The lowest BCUT2D eigenvalue weighted by Crippen LogP contribution is -2.48. The topological polar surface area (TPSA) is 102 Å². The van der Waals surface area contributed by atoms with Crippen LogP contribution in [0.15, 0.2) is 29.2 Å². The molecule has 1 saturated heterocycles. The van der Waals surface area contributed by atoms with Gasteiger partial charge in [0.25, 0.3) is 5.91 Å². The molecule has 0 radical (unpaired) electrons. The van der Waals surface area contributed by atoms with Crippen molar-refractivity contribution in [3.05, 3.63) is 29.8 Å². The molecule has 1 amide bonds. The van der Waals surface area contributed by atoms with Gasteiger partial charge in [-0.05, 0) is 45.0 Å². The maximum absolute atomic E-state index is 12.7. The fourth-order valence-electron chi connectivity index (χ4n) is 2.62. The summed E-state index contributed by atoms with van der Waals surface area (Å²) in [5, 5.41) is 2.74. The molecule has 0 spiro atoms. The number of hydrogen-bond acceptors (Lipinski definition) is 5. The number of sulfonamides is 1. The fraction of sp³-hybridized carbons (Fsp3) is 0.562. The molecule has 1 fully saturated rings. The standard InChI is InChI=1S/C16H25N3O4S/c1-11(8-17)18-16(20)14-4-6-15(7-5-14)24(21,22)19-9-12(2)23-13(3)10-19/h4-7,11-13H,8-10,17H2,1-3H3,(H,18,20)/t11-,12?,13?/m0/s1. The van der Waals surface area contributed by atoms with Crippen molar-refractivity contribution in [3.63, 3.8) is 0 Å². The van der Waals surface area contributed by atoms with Gasteiger partial charge < -0.3 is 15.8 Å². The number of morpholine rings is 1. The van der Waals surface area contributed by atoms with Gasteiger partial charge in [-0.1, -0.05) is 0 Å². The number of carbonyl (C=O) groups excluding carboxylic acids is 1. The lowest BCUT2D eigenvalue weighted by atomic mass is 10.2. The second kappa shape index (κ2) is 7.60. The van der Waals surface area contributed by atoms with Crippen molar-refractivity contribution in [1.82, 2.24) is 9.62 Å². The zero-order chi connectivity index (χ0) is 17.9. The van der Waals surface area contributed by atoms with E-state index in [1.54, 1.807) is 6.92 Å². The van der Waals surface area contributed by atoms with E-state index < -0.39 is 10.0 Å². The lowest BCUT2D eigenvalue weighted by Gasteiger charge is -2.34. The van der Waals surface area contributed by atoms with Gasteiger partial charge in [0.2, 0.25) is 10.0 Å². The van der Waals surface area contributed by atoms with E-state index >= 15 is 0 Å². The number of amides is 1. The van der Waals surface area contributed by atoms with Gasteiger partial charge in [0.15, 0.2) is 0 Å². The maximum atomic E-state index is 12.7. The maximum Gasteiger partial charge on any atom is 0.251 e. The zero-order valence-corrected chi connectivity index (χ0v) is 15.0. The van der Waals surface area contributed by atoms with E-state index in [0.29, 0.717) is 25.2 Å². The lowest BCUT2D eigenvalue weighted by molar-refractivity contribution is -0.0440. The molecule has 2 unspecified atom stereocenters. The Bertz CT molecular complexity index is 665. The molecule has 7 nitrogen and oxygen atoms in total. The van der Waals surface area contributed by atoms with Crippen molar-refractivity contribution >= 4 is 15.9 Å². The Morgan fingerprint density at radius 2 is 1.83 bits per heavy atom. The van der Waals surface area contributed by atoms with E-state index in [9.17, 15) is 13.2 Å². The summed E-state index contributed by atoms with van der Waals surface area (Å²) in [5.74, 6) is -0.273. The average Bonchev–Trinajstić information content (AvgIpc) is 2.53. The largest absolute Gasteiger partial charge is 0.373 e. The quantitative estimate of drug-likeness (QED) is 0.804. The van der Waals surface area contributed by atoms with Gasteiger partial charge in [-0.2, -0.15) is 4.31 Å². The Labute approximate surface area is 143 Å². The molecule has 0 bridgehead atoms. The highest BCUT2D eigenvalue weighted by molar-refractivity contribution is 7.89. The molecular formula is C16H25N3O4S. The predicted octanol–water partition coefficient (Wildman–Crippen LogP) is 0.562. The van der Waals surface area contributed by atoms with Crippen LogP contribution >= 0.6 is 0 Å². The Balaban J connectivity index is 2.16. The SMILES string of the molecule is CC1CN(S(=O)(=O)c2ccc(C(=O)N[C@@H](C)CN)cc2)CC(C)O1. The number of ether oxygens (including phenoxy) is 1. The van der Waals surface area contributed by atoms with Crippen molar-refractivity contribution in [1.29, 1.82) is 0 Å². The van der Waals surface area contributed by atoms with E-state index in [2.05, 4.69) is 5.32 Å². The van der Waals surface area contributed by atoms with Gasteiger partial charge in [-0.25, -0.2) is 8.42 Å². The second-order valence-corrected chi connectivity index (χ2v) is 8.15. The van der Waals surface area contributed by atoms with Crippen molar-refractivity contribution in [2.45, 2.75) is 43.9 Å². The molecule has 1 heterocycles. The molecule has 3 N–H and O–H groups in total. The summed E-state index contributed by atoms with van der Waals surface area (Å²) >= 11 is 0. The highest BCUT2D eigenvalue weighted by Gasteiger charge is 2.32. The highest BCUT2D eigenvalue weighted by atomic mass is 32.2. The summed E-state index contributed by atoms with van der Waals surface area (Å²) in [6.07, 6.45) is -0.294. The summed E-state index contributed by atoms with van der Waals surface area (Å²) in [6, 6.07) is 5.80. The molecule has 1 aliphatic heterocycles. The molecule has 24 heavy (non-hydrogen) atoms. The minimum absolute atomic E-state index is 0.141. The van der Waals surface area contributed by atoms with Gasteiger partial charge in [-0.15, -0.1) is 0 Å². The molecule has 8 heteroatoms. The van der Waals surface area contributed by atoms with Crippen molar-refractivity contribution in [2.75, 3.05) is 19.6 Å². The molecule has 0 aliphatic carbocycles. The minimum Gasteiger partial charge on any atom is -0.373 e. The molecule has 2 rings (SSSR count). The first-order valence-electron chi connectivity index (χ1n) is 8.00. The van der Waals surface area contributed by atoms with Crippen LogP contribution < -0.4 is 11.1 Å². The molecule has 134 valence electrons. The zero-order valence-electron chi connectivity index (χ0n) is 14.2. The van der Waals surface area contributed by atoms with E-state index in [1.165, 1.54) is 28.6 Å². The van der Waals surface area contributed by atoms with Crippen molar-refractivity contribution in [2.24, 2.45) is 5.73 Å². The summed E-state index contributed by atoms with van der Waals surface area (Å²) < 4.78 is 32.5. The third-order valence-electron chi connectivity index (χ3n) is 3.87. The van der Waals surface area contributed by atoms with E-state index in [0.717, 1.165) is 0 Å². The molecule has 0 saturated carbocycles. The first-order valence-corrected chi connectivity index (χ1v) is 9.44. The number of carbonyl (C=O) groups is 1. The first-order chi connectivity index (χ1) is 11.2. The summed E-state index contributed by atoms with van der Waals surface area (Å²) in [6.45, 7) is 6.49. The number of benzene rings is 1. The van der Waals surface area contributed by atoms with E-state index in [1.807, 2.05) is 13.8 Å². The highest BCUT2D eigenvalue weighted by Crippen LogP contribution is 2.21. The third-order valence-corrected chi connectivity index (χ3v) is 5.72. The predicted molar refractivity (Wildman–Crippen MR) is 91.2 cm³/mol. The van der Waals surface area contributed by atoms with Crippen LogP contribution in [0.1, 0.15) is 31.1 Å². The van der Waals surface area contributed by atoms with Crippen LogP contribution in [0.3, 0.4) is 0 Å². The van der Waals surface area contributed by atoms with Gasteiger partial charge in [0, 0.05) is 31.2 Å². The summed E-state index contributed by atoms with van der Waals surface area (Å²) in [5.41, 5.74) is 5.88. The average molecular weight is 355 g/mol. The van der Waals surface area contributed by atoms with Crippen LogP contribution in [0.2, 0.25) is 0 Å². The number of rotatable bonds is 5. The Morgan fingerprint density at radius 3 is 2.33 bits per heavy atom. The second-order valence-electron chi connectivity index (χ2n) is 6.21. The Kier molecular flexibility index (Phi) is 5.97. The van der Waals surface area contributed by atoms with Gasteiger partial charge in [0.05, 0.1) is 17.1 Å². The number of nitrogens with two attached hydrogens (primary N) is 1. The van der Waals surface area contributed by atoms with E-state index in [-0.39, 0.29) is 29.1 Å². The van der Waals surface area contributed by atoms with Crippen molar-refractivity contribution < 1.29 is 17.9 Å². The Morgan fingerprint density at radius 1 is 1.29 bits per heavy atom. The molecule has 1 aliphatic rings. The van der Waals surface area contributed by atoms with Crippen molar-refractivity contribution in [3.8, 4) is 0 Å². The normalized spacial score (nSPS) is 23.7. The first kappa shape index (κ1) is 18.9. The van der Waals surface area contributed by atoms with Gasteiger partial charge >= 0.3 is 0 Å². The fourth-order valence-corrected chi connectivity index (χ4v) is 4.21. The van der Waals surface area contributed by atoms with Crippen LogP contribution in [0.5, 0.6) is 0 Å². The number of nitrogens with one attached hydrogen (secondary N) is 1. The number of nitrogens with zero attached hydrogens (tertiary/aromatic N) is 1. The minimum atomic E-state index is -3.60. The van der Waals surface area contributed by atoms with Gasteiger partial charge in [0.1, 0.15) is 0 Å². The number of hydrogen-bond donors (Lipinski definition) is 2. The van der Waals surface area contributed by atoms with Crippen LogP contribution in [0, 0.1) is 0 Å².